The van der Waals surface area contributed by atoms with E-state index in [1.807, 2.05) is 6.92 Å². The van der Waals surface area contributed by atoms with Gasteiger partial charge in [0.05, 0.1) is 30.0 Å². The first-order chi connectivity index (χ1) is 18.2. The zero-order valence-electron chi connectivity index (χ0n) is 21.1. The largest absolute Gasteiger partial charge is 0.447 e. The summed E-state index contributed by atoms with van der Waals surface area (Å²) >= 11 is 5.95. The van der Waals surface area contributed by atoms with Gasteiger partial charge < -0.3 is 19.9 Å². The van der Waals surface area contributed by atoms with Gasteiger partial charge in [-0.15, -0.1) is 0 Å². The van der Waals surface area contributed by atoms with Crippen molar-refractivity contribution in [3.05, 3.63) is 64.8 Å². The lowest BCUT2D eigenvalue weighted by atomic mass is 9.98. The van der Waals surface area contributed by atoms with Crippen molar-refractivity contribution in [3.8, 4) is 11.3 Å². The Kier molecular flexibility index (Phi) is 8.62. The third kappa shape index (κ3) is 6.69. The van der Waals surface area contributed by atoms with Gasteiger partial charge in [0, 0.05) is 29.7 Å². The van der Waals surface area contributed by atoms with Gasteiger partial charge in [0.2, 0.25) is 11.8 Å². The number of carbonyl (C=O) groups is 3. The molecule has 1 aliphatic heterocycles. The molecule has 38 heavy (non-hydrogen) atoms. The molecule has 2 aromatic carbocycles. The number of carbonyl (C=O) groups excluding carboxylic acids is 3. The fraction of sp³-hybridized carbons (Fsp3) is 0.333. The highest BCUT2D eigenvalue weighted by molar-refractivity contribution is 6.30. The van der Waals surface area contributed by atoms with Crippen molar-refractivity contribution in [3.63, 3.8) is 0 Å². The van der Waals surface area contributed by atoms with Crippen LogP contribution in [-0.2, 0) is 14.3 Å². The van der Waals surface area contributed by atoms with Crippen LogP contribution in [-0.4, -0.2) is 53.0 Å². The monoisotopic (exact) mass is 541 g/mol. The number of hydrogen-bond acceptors (Lipinski definition) is 5. The van der Waals surface area contributed by atoms with Crippen LogP contribution < -0.4 is 10.6 Å². The number of ether oxygens (including phenoxy) is 1. The van der Waals surface area contributed by atoms with Crippen molar-refractivity contribution in [1.82, 2.24) is 14.9 Å². The first-order valence-electron chi connectivity index (χ1n) is 12.3. The Morgan fingerprint density at radius 3 is 2.84 bits per heavy atom. The zero-order chi connectivity index (χ0) is 27.2. The van der Waals surface area contributed by atoms with Crippen molar-refractivity contribution in [1.29, 1.82) is 0 Å². The third-order valence-electron chi connectivity index (χ3n) is 6.38. The number of likely N-dealkylation sites (N-methyl/N-ethyl adjacent to an activating group) is 1. The quantitative estimate of drug-likeness (QED) is 0.395. The van der Waals surface area contributed by atoms with Crippen LogP contribution in [0.4, 0.5) is 20.6 Å². The van der Waals surface area contributed by atoms with Gasteiger partial charge >= 0.3 is 6.09 Å². The third-order valence-corrected chi connectivity index (χ3v) is 6.61. The van der Waals surface area contributed by atoms with E-state index in [4.69, 9.17) is 16.3 Å². The molecule has 0 aliphatic carbocycles. The number of anilines is 2. The minimum absolute atomic E-state index is 0.00402. The highest BCUT2D eigenvalue weighted by atomic mass is 35.5. The first-order valence-corrected chi connectivity index (χ1v) is 12.7. The van der Waals surface area contributed by atoms with E-state index in [0.29, 0.717) is 52.7 Å². The number of rotatable bonds is 5. The molecular weight excluding hydrogens is 513 g/mol. The molecule has 1 aromatic heterocycles. The maximum Gasteiger partial charge on any atom is 0.411 e. The van der Waals surface area contributed by atoms with Gasteiger partial charge in [0.25, 0.3) is 0 Å². The Labute approximate surface area is 224 Å². The summed E-state index contributed by atoms with van der Waals surface area (Å²) in [6.07, 6.45) is 2.85. The molecule has 0 saturated carbocycles. The SMILES string of the molecule is Cc1cc(Cl)ccc1NC(=O)OCCN(C)C(=O)C1CCCCC(=O)Nc2cc(F)ccc2-c2cnc1[nH]2. The number of nitrogens with one attached hydrogen (secondary N) is 3. The number of H-pyrrole nitrogens is 1. The number of aromatic nitrogens is 2. The summed E-state index contributed by atoms with van der Waals surface area (Å²) in [6, 6.07) is 9.22. The van der Waals surface area contributed by atoms with Crippen LogP contribution in [0, 0.1) is 12.7 Å². The molecule has 0 saturated heterocycles. The number of aromatic amines is 1. The Morgan fingerprint density at radius 2 is 2.05 bits per heavy atom. The van der Waals surface area contributed by atoms with Gasteiger partial charge in [-0.25, -0.2) is 14.2 Å². The summed E-state index contributed by atoms with van der Waals surface area (Å²) in [5.74, 6) is -0.975. The second-order valence-electron chi connectivity index (χ2n) is 9.20. The van der Waals surface area contributed by atoms with Crippen LogP contribution in [0.3, 0.4) is 0 Å². The molecule has 1 aliphatic rings. The van der Waals surface area contributed by atoms with Crippen molar-refractivity contribution in [2.75, 3.05) is 30.8 Å². The van der Waals surface area contributed by atoms with Crippen LogP contribution >= 0.6 is 11.6 Å². The fourth-order valence-electron chi connectivity index (χ4n) is 4.29. The predicted octanol–water partition coefficient (Wildman–Crippen LogP) is 5.48. The fourth-order valence-corrected chi connectivity index (χ4v) is 4.52. The van der Waals surface area contributed by atoms with Crippen LogP contribution in [0.2, 0.25) is 5.02 Å². The second kappa shape index (κ2) is 12.1. The van der Waals surface area contributed by atoms with Crippen molar-refractivity contribution in [2.24, 2.45) is 0 Å². The topological polar surface area (TPSA) is 116 Å². The number of benzene rings is 2. The van der Waals surface area contributed by atoms with Gasteiger partial charge in [-0.2, -0.15) is 0 Å². The normalized spacial score (nSPS) is 15.4. The smallest absolute Gasteiger partial charge is 0.411 e. The molecule has 1 atom stereocenters. The van der Waals surface area contributed by atoms with E-state index >= 15 is 0 Å². The molecule has 0 radical (unpaired) electrons. The van der Waals surface area contributed by atoms with E-state index in [1.165, 1.54) is 17.0 Å². The molecule has 200 valence electrons. The molecule has 3 amide bonds. The number of aryl methyl sites for hydroxylation is 1. The van der Waals surface area contributed by atoms with E-state index in [-0.39, 0.29) is 31.4 Å². The number of imidazole rings is 1. The highest BCUT2D eigenvalue weighted by Gasteiger charge is 2.27. The maximum absolute atomic E-state index is 13.9. The standard InChI is InChI=1S/C27H29ClFN5O4/c1-16-13-17(28)7-10-21(16)33-27(37)38-12-11-34(2)26(36)20-5-3-4-6-24(35)31-22-14-18(29)8-9-19(22)23-15-30-25(20)32-23/h7-10,13-15,20H,3-6,11-12H2,1-2H3,(H,30,32)(H,31,35)(H,33,37). The molecule has 2 heterocycles. The molecule has 3 aromatic rings. The van der Waals surface area contributed by atoms with E-state index in [2.05, 4.69) is 20.6 Å². The van der Waals surface area contributed by atoms with Crippen LogP contribution in [0.5, 0.6) is 0 Å². The minimum Gasteiger partial charge on any atom is -0.447 e. The van der Waals surface area contributed by atoms with Gasteiger partial charge in [0.1, 0.15) is 18.2 Å². The van der Waals surface area contributed by atoms with Crippen LogP contribution in [0.1, 0.15) is 43.0 Å². The first kappa shape index (κ1) is 27.1. The number of nitrogens with zero attached hydrogens (tertiary/aromatic N) is 2. The van der Waals surface area contributed by atoms with E-state index < -0.39 is 17.8 Å². The maximum atomic E-state index is 13.9. The summed E-state index contributed by atoms with van der Waals surface area (Å²) < 4.78 is 19.1. The van der Waals surface area contributed by atoms with Gasteiger partial charge in [-0.3, -0.25) is 14.9 Å². The van der Waals surface area contributed by atoms with Crippen molar-refractivity contribution in [2.45, 2.75) is 38.5 Å². The molecule has 9 nitrogen and oxygen atoms in total. The van der Waals surface area contributed by atoms with Gasteiger partial charge in [-0.1, -0.05) is 18.0 Å². The Balaban J connectivity index is 1.42. The minimum atomic E-state index is -0.633. The number of hydrogen-bond donors (Lipinski definition) is 3. The molecule has 0 spiro atoms. The summed E-state index contributed by atoms with van der Waals surface area (Å²) in [6.45, 7) is 2.00. The molecule has 4 rings (SSSR count). The molecular formula is C27H29ClFN5O4. The lowest BCUT2D eigenvalue weighted by Crippen LogP contribution is -2.35. The van der Waals surface area contributed by atoms with Gasteiger partial charge in [0.15, 0.2) is 0 Å². The second-order valence-corrected chi connectivity index (χ2v) is 9.63. The van der Waals surface area contributed by atoms with E-state index in [9.17, 15) is 18.8 Å². The average molecular weight is 542 g/mol. The van der Waals surface area contributed by atoms with Crippen LogP contribution in [0.25, 0.3) is 11.3 Å². The highest BCUT2D eigenvalue weighted by Crippen LogP contribution is 2.31. The molecule has 3 N–H and O–H groups in total. The lowest BCUT2D eigenvalue weighted by Gasteiger charge is -2.23. The van der Waals surface area contributed by atoms with Crippen LogP contribution in [0.15, 0.2) is 42.6 Å². The Hall–Kier alpha value is -3.92. The molecule has 11 heteroatoms. The Morgan fingerprint density at radius 1 is 1.24 bits per heavy atom. The summed E-state index contributed by atoms with van der Waals surface area (Å²) in [5, 5.41) is 6.00. The number of fused-ring (bicyclic) bond motifs is 4. The predicted molar refractivity (Wildman–Crippen MR) is 143 cm³/mol. The zero-order valence-corrected chi connectivity index (χ0v) is 21.9. The lowest BCUT2D eigenvalue weighted by molar-refractivity contribution is -0.132. The number of halogens is 2. The van der Waals surface area contributed by atoms with Crippen molar-refractivity contribution >= 4 is 40.9 Å². The van der Waals surface area contributed by atoms with E-state index in [0.717, 1.165) is 5.56 Å². The summed E-state index contributed by atoms with van der Waals surface area (Å²) in [4.78, 5) is 47.1. The molecule has 0 fully saturated rings. The van der Waals surface area contributed by atoms with E-state index in [1.54, 1.807) is 37.5 Å². The van der Waals surface area contributed by atoms with Gasteiger partial charge in [-0.05, 0) is 61.7 Å². The molecule has 1 unspecified atom stereocenters. The Bertz CT molecular complexity index is 1340. The summed E-state index contributed by atoms with van der Waals surface area (Å²) in [7, 11) is 1.64. The van der Waals surface area contributed by atoms with Crippen molar-refractivity contribution < 1.29 is 23.5 Å². The average Bonchev–Trinajstić information content (AvgIpc) is 3.34. The summed E-state index contributed by atoms with van der Waals surface area (Å²) in [5.41, 5.74) is 2.87. The number of amides is 3. The molecule has 2 bridgehead atoms.